The van der Waals surface area contributed by atoms with E-state index in [-0.39, 0.29) is 12.1 Å². The minimum atomic E-state index is -0.535. The first-order valence-electron chi connectivity index (χ1n) is 10.7. The Bertz CT molecular complexity index is 1050. The summed E-state index contributed by atoms with van der Waals surface area (Å²) in [5.41, 5.74) is 11.6. The summed E-state index contributed by atoms with van der Waals surface area (Å²) >= 11 is 0. The van der Waals surface area contributed by atoms with E-state index in [0.29, 0.717) is 13.0 Å². The zero-order chi connectivity index (χ0) is 22.0. The molecule has 4 rings (SSSR count). The Balaban J connectivity index is 1.60. The number of rotatable bonds is 3. The molecule has 0 spiro atoms. The summed E-state index contributed by atoms with van der Waals surface area (Å²) < 4.78 is 5.70. The van der Waals surface area contributed by atoms with Crippen LogP contribution in [0.5, 0.6) is 0 Å². The Morgan fingerprint density at radius 1 is 1.06 bits per heavy atom. The van der Waals surface area contributed by atoms with Gasteiger partial charge in [-0.2, -0.15) is 0 Å². The second-order valence-electron chi connectivity index (χ2n) is 9.01. The molecular weight excluding hydrogens is 386 g/mol. The lowest BCUT2D eigenvalue weighted by molar-refractivity contribution is 0.0136. The number of benzene rings is 2. The Labute approximate surface area is 183 Å². The number of hydrogen-bond acceptors (Lipinski definition) is 4. The van der Waals surface area contributed by atoms with E-state index in [1.54, 1.807) is 6.20 Å². The first-order valence-corrected chi connectivity index (χ1v) is 10.7. The lowest BCUT2D eigenvalue weighted by atomic mass is 9.92. The highest BCUT2D eigenvalue weighted by Crippen LogP contribution is 2.33. The molecule has 0 bridgehead atoms. The van der Waals surface area contributed by atoms with Crippen LogP contribution < -0.4 is 5.73 Å². The van der Waals surface area contributed by atoms with E-state index in [1.165, 1.54) is 5.56 Å². The van der Waals surface area contributed by atoms with Crippen LogP contribution in [0.15, 0.2) is 66.9 Å². The first-order chi connectivity index (χ1) is 14.8. The molecule has 1 amide bonds. The lowest BCUT2D eigenvalue weighted by Gasteiger charge is -2.37. The largest absolute Gasteiger partial charge is 0.444 e. The van der Waals surface area contributed by atoms with Gasteiger partial charge < -0.3 is 10.5 Å². The van der Waals surface area contributed by atoms with Crippen molar-refractivity contribution >= 4 is 11.8 Å². The van der Waals surface area contributed by atoms with Gasteiger partial charge in [-0.3, -0.25) is 9.88 Å². The highest BCUT2D eigenvalue weighted by Gasteiger charge is 2.34. The van der Waals surface area contributed by atoms with Crippen LogP contribution in [0.2, 0.25) is 0 Å². The summed E-state index contributed by atoms with van der Waals surface area (Å²) in [7, 11) is 0. The predicted molar refractivity (Wildman–Crippen MR) is 124 cm³/mol. The number of amides is 1. The number of ether oxygens (including phenoxy) is 1. The van der Waals surface area contributed by atoms with E-state index < -0.39 is 5.60 Å². The summed E-state index contributed by atoms with van der Waals surface area (Å²) in [5, 5.41) is 0. The van der Waals surface area contributed by atoms with Crippen LogP contribution in [0.4, 0.5) is 10.5 Å². The monoisotopic (exact) mass is 415 g/mol. The predicted octanol–water partition coefficient (Wildman–Crippen LogP) is 5.41. The van der Waals surface area contributed by atoms with Crippen molar-refractivity contribution in [1.29, 1.82) is 0 Å². The average Bonchev–Trinajstić information content (AvgIpc) is 2.74. The van der Waals surface area contributed by atoms with Gasteiger partial charge >= 0.3 is 6.09 Å². The van der Waals surface area contributed by atoms with Crippen molar-refractivity contribution in [3.8, 4) is 11.1 Å². The number of fused-ring (bicyclic) bond motifs is 1. The summed E-state index contributed by atoms with van der Waals surface area (Å²) in [6, 6.07) is 20.2. The van der Waals surface area contributed by atoms with Crippen molar-refractivity contribution in [2.24, 2.45) is 0 Å². The standard InChI is InChI=1S/C26H29N3O2/c1-26(2,3)31-25(30)29-16-14-21-5-4-15-28-24(21)23(29)17-18-6-8-19(9-7-18)20-10-12-22(27)13-11-20/h4-13,15,23H,14,16-17,27H2,1-3H3. The van der Waals surface area contributed by atoms with Crippen LogP contribution in [0.3, 0.4) is 0 Å². The molecule has 1 unspecified atom stereocenters. The molecular formula is C26H29N3O2. The van der Waals surface area contributed by atoms with Crippen molar-refractivity contribution in [2.45, 2.75) is 45.3 Å². The molecule has 1 atom stereocenters. The maximum atomic E-state index is 13.0. The zero-order valence-electron chi connectivity index (χ0n) is 18.3. The van der Waals surface area contributed by atoms with E-state index in [2.05, 4.69) is 35.3 Å². The quantitative estimate of drug-likeness (QED) is 0.581. The molecule has 0 fully saturated rings. The Hall–Kier alpha value is -3.34. The molecule has 0 radical (unpaired) electrons. The Morgan fingerprint density at radius 3 is 2.35 bits per heavy atom. The van der Waals surface area contributed by atoms with Crippen LogP contribution >= 0.6 is 0 Å². The van der Waals surface area contributed by atoms with Crippen LogP contribution in [0.25, 0.3) is 11.1 Å². The number of carbonyl (C=O) groups excluding carboxylic acids is 1. The van der Waals surface area contributed by atoms with Crippen LogP contribution in [-0.4, -0.2) is 28.1 Å². The number of nitrogen functional groups attached to an aromatic ring is 1. The fourth-order valence-corrected chi connectivity index (χ4v) is 3.98. The molecule has 160 valence electrons. The van der Waals surface area contributed by atoms with Crippen LogP contribution in [-0.2, 0) is 17.6 Å². The number of carbonyl (C=O) groups is 1. The van der Waals surface area contributed by atoms with Crippen LogP contribution in [0, 0.1) is 0 Å². The molecule has 1 aliphatic heterocycles. The van der Waals surface area contributed by atoms with Gasteiger partial charge in [-0.15, -0.1) is 0 Å². The number of hydrogen-bond donors (Lipinski definition) is 1. The third kappa shape index (κ3) is 4.88. The molecule has 2 aromatic carbocycles. The number of pyridine rings is 1. The summed E-state index contributed by atoms with van der Waals surface area (Å²) in [4.78, 5) is 19.4. The molecule has 0 saturated heterocycles. The maximum Gasteiger partial charge on any atom is 0.410 e. The highest BCUT2D eigenvalue weighted by atomic mass is 16.6. The smallest absolute Gasteiger partial charge is 0.410 e. The lowest BCUT2D eigenvalue weighted by Crippen LogP contribution is -2.44. The summed E-state index contributed by atoms with van der Waals surface area (Å²) in [6.45, 7) is 6.31. The SMILES string of the molecule is CC(C)(C)OC(=O)N1CCc2cccnc2C1Cc1ccc(-c2ccc(N)cc2)cc1. The van der Waals surface area contributed by atoms with Crippen LogP contribution in [0.1, 0.15) is 43.6 Å². The Kier molecular flexibility index (Phi) is 5.68. The average molecular weight is 416 g/mol. The molecule has 0 aliphatic carbocycles. The molecule has 0 saturated carbocycles. The van der Waals surface area contributed by atoms with Crippen molar-refractivity contribution < 1.29 is 9.53 Å². The van der Waals surface area contributed by atoms with Crippen molar-refractivity contribution in [3.63, 3.8) is 0 Å². The minimum Gasteiger partial charge on any atom is -0.444 e. The van der Waals surface area contributed by atoms with E-state index in [1.807, 2.05) is 56.0 Å². The van der Waals surface area contributed by atoms with Gasteiger partial charge in [0, 0.05) is 18.4 Å². The van der Waals surface area contributed by atoms with Gasteiger partial charge in [-0.1, -0.05) is 42.5 Å². The molecule has 3 aromatic rings. The van der Waals surface area contributed by atoms with Gasteiger partial charge in [0.25, 0.3) is 0 Å². The first kappa shape index (κ1) is 20.9. The maximum absolute atomic E-state index is 13.0. The van der Waals surface area contributed by atoms with Gasteiger partial charge in [-0.05, 0) is 74.1 Å². The van der Waals surface area contributed by atoms with E-state index in [0.717, 1.165) is 34.5 Å². The minimum absolute atomic E-state index is 0.151. The molecule has 1 aromatic heterocycles. The van der Waals surface area contributed by atoms with Gasteiger partial charge in [0.05, 0.1) is 11.7 Å². The van der Waals surface area contributed by atoms with E-state index in [9.17, 15) is 4.79 Å². The summed E-state index contributed by atoms with van der Waals surface area (Å²) in [5.74, 6) is 0. The van der Waals surface area contributed by atoms with E-state index in [4.69, 9.17) is 10.5 Å². The zero-order valence-corrected chi connectivity index (χ0v) is 18.3. The molecule has 1 aliphatic rings. The second-order valence-corrected chi connectivity index (χ2v) is 9.01. The summed E-state index contributed by atoms with van der Waals surface area (Å²) in [6.07, 6.45) is 2.99. The second kappa shape index (κ2) is 8.42. The topological polar surface area (TPSA) is 68.5 Å². The van der Waals surface area contributed by atoms with Gasteiger partial charge in [-0.25, -0.2) is 4.79 Å². The van der Waals surface area contributed by atoms with Crippen molar-refractivity contribution in [2.75, 3.05) is 12.3 Å². The molecule has 31 heavy (non-hydrogen) atoms. The third-order valence-corrected chi connectivity index (χ3v) is 5.50. The third-order valence-electron chi connectivity index (χ3n) is 5.50. The number of aromatic nitrogens is 1. The molecule has 2 N–H and O–H groups in total. The fourth-order valence-electron chi connectivity index (χ4n) is 3.98. The van der Waals surface area contributed by atoms with Gasteiger partial charge in [0.1, 0.15) is 5.60 Å². The Morgan fingerprint density at radius 2 is 1.71 bits per heavy atom. The number of nitrogens with two attached hydrogens (primary N) is 1. The highest BCUT2D eigenvalue weighted by molar-refractivity contribution is 5.69. The molecule has 2 heterocycles. The van der Waals surface area contributed by atoms with E-state index >= 15 is 0 Å². The fraction of sp³-hybridized carbons (Fsp3) is 0.308. The van der Waals surface area contributed by atoms with Crippen molar-refractivity contribution in [3.05, 3.63) is 83.7 Å². The van der Waals surface area contributed by atoms with Crippen molar-refractivity contribution in [1.82, 2.24) is 9.88 Å². The number of nitrogens with zero attached hydrogens (tertiary/aromatic N) is 2. The van der Waals surface area contributed by atoms with Gasteiger partial charge in [0.2, 0.25) is 0 Å². The number of anilines is 1. The molecule has 5 nitrogen and oxygen atoms in total. The molecule has 5 heteroatoms. The normalized spacial score (nSPS) is 16.0. The van der Waals surface area contributed by atoms with Gasteiger partial charge in [0.15, 0.2) is 0 Å².